The number of nitrogens with one attached hydrogen (secondary N) is 2. The van der Waals surface area contributed by atoms with Crippen LogP contribution in [0.4, 0.5) is 5.69 Å². The third-order valence-electron chi connectivity index (χ3n) is 4.03. The van der Waals surface area contributed by atoms with Gasteiger partial charge in [0.2, 0.25) is 5.91 Å². The summed E-state index contributed by atoms with van der Waals surface area (Å²) in [5, 5.41) is 3.87. The molecule has 1 amide bonds. The van der Waals surface area contributed by atoms with E-state index >= 15 is 0 Å². The molecule has 0 unspecified atom stereocenters. The van der Waals surface area contributed by atoms with Gasteiger partial charge in [-0.05, 0) is 30.7 Å². The molecular formula is C20H22N2O2. The number of carbonyl (C=O) groups is 1. The van der Waals surface area contributed by atoms with E-state index in [-0.39, 0.29) is 5.91 Å². The molecule has 3 rings (SSSR count). The van der Waals surface area contributed by atoms with Crippen LogP contribution in [-0.4, -0.2) is 17.5 Å². The zero-order valence-corrected chi connectivity index (χ0v) is 14.1. The molecular weight excluding hydrogens is 300 g/mol. The van der Waals surface area contributed by atoms with Gasteiger partial charge in [-0.25, -0.2) is 0 Å². The molecule has 3 aromatic rings. The average molecular weight is 322 g/mol. The van der Waals surface area contributed by atoms with E-state index in [1.807, 2.05) is 31.3 Å². The van der Waals surface area contributed by atoms with Crippen LogP contribution >= 0.6 is 0 Å². The SMILES string of the molecule is CCC(=O)Nc1c[nH]c2ccc(OCCc3ccc(C)cc3)cc12. The molecule has 0 aliphatic carbocycles. The van der Waals surface area contributed by atoms with Gasteiger partial charge in [-0.15, -0.1) is 0 Å². The minimum atomic E-state index is 0.00147. The Balaban J connectivity index is 1.67. The number of hydrogen-bond acceptors (Lipinski definition) is 2. The first-order chi connectivity index (χ1) is 11.7. The van der Waals surface area contributed by atoms with Crippen LogP contribution in [0.2, 0.25) is 0 Å². The molecule has 4 nitrogen and oxygen atoms in total. The molecule has 1 heterocycles. The van der Waals surface area contributed by atoms with Crippen molar-refractivity contribution in [1.82, 2.24) is 4.98 Å². The highest BCUT2D eigenvalue weighted by molar-refractivity contribution is 6.01. The number of ether oxygens (including phenoxy) is 1. The van der Waals surface area contributed by atoms with Crippen LogP contribution in [0.25, 0.3) is 10.9 Å². The van der Waals surface area contributed by atoms with Crippen molar-refractivity contribution in [3.05, 3.63) is 59.8 Å². The zero-order chi connectivity index (χ0) is 16.9. The van der Waals surface area contributed by atoms with Gasteiger partial charge in [0.25, 0.3) is 0 Å². The van der Waals surface area contributed by atoms with Crippen molar-refractivity contribution in [2.24, 2.45) is 0 Å². The second-order valence-corrected chi connectivity index (χ2v) is 5.90. The highest BCUT2D eigenvalue weighted by Crippen LogP contribution is 2.27. The first-order valence-electron chi connectivity index (χ1n) is 8.25. The van der Waals surface area contributed by atoms with E-state index in [0.717, 1.165) is 28.8 Å². The lowest BCUT2D eigenvalue weighted by Crippen LogP contribution is -2.08. The average Bonchev–Trinajstić information content (AvgIpc) is 2.99. The van der Waals surface area contributed by atoms with E-state index < -0.39 is 0 Å². The maximum absolute atomic E-state index is 11.6. The number of aromatic nitrogens is 1. The van der Waals surface area contributed by atoms with Crippen molar-refractivity contribution in [1.29, 1.82) is 0 Å². The molecule has 0 aliphatic heterocycles. The Morgan fingerprint density at radius 2 is 1.96 bits per heavy atom. The second kappa shape index (κ2) is 7.21. The smallest absolute Gasteiger partial charge is 0.224 e. The molecule has 0 atom stereocenters. The van der Waals surface area contributed by atoms with Crippen LogP contribution in [0.3, 0.4) is 0 Å². The van der Waals surface area contributed by atoms with Gasteiger partial charge in [0.05, 0.1) is 12.3 Å². The number of amides is 1. The largest absolute Gasteiger partial charge is 0.493 e. The number of H-pyrrole nitrogens is 1. The Kier molecular flexibility index (Phi) is 4.85. The predicted molar refractivity (Wildman–Crippen MR) is 97.6 cm³/mol. The molecule has 0 fully saturated rings. The lowest BCUT2D eigenvalue weighted by atomic mass is 10.1. The van der Waals surface area contributed by atoms with Crippen LogP contribution in [0, 0.1) is 6.92 Å². The molecule has 0 radical (unpaired) electrons. The molecule has 0 spiro atoms. The maximum atomic E-state index is 11.6. The van der Waals surface area contributed by atoms with Crippen molar-refractivity contribution >= 4 is 22.5 Å². The van der Waals surface area contributed by atoms with Crippen molar-refractivity contribution < 1.29 is 9.53 Å². The molecule has 1 aromatic heterocycles. The van der Waals surface area contributed by atoms with E-state index in [2.05, 4.69) is 41.5 Å². The standard InChI is InChI=1S/C20H22N2O2/c1-3-20(23)22-19-13-21-18-9-8-16(12-17(18)19)24-11-10-15-6-4-14(2)5-7-15/h4-9,12-13,21H,3,10-11H2,1-2H3,(H,22,23). The van der Waals surface area contributed by atoms with Crippen LogP contribution in [-0.2, 0) is 11.2 Å². The number of hydrogen-bond donors (Lipinski definition) is 2. The van der Waals surface area contributed by atoms with Crippen molar-refractivity contribution in [3.63, 3.8) is 0 Å². The Morgan fingerprint density at radius 1 is 1.17 bits per heavy atom. The molecule has 0 aliphatic rings. The van der Waals surface area contributed by atoms with Gasteiger partial charge in [0.1, 0.15) is 5.75 Å². The molecule has 0 saturated carbocycles. The van der Waals surface area contributed by atoms with E-state index in [4.69, 9.17) is 4.74 Å². The first kappa shape index (κ1) is 16.1. The summed E-state index contributed by atoms with van der Waals surface area (Å²) >= 11 is 0. The van der Waals surface area contributed by atoms with Gasteiger partial charge in [-0.2, -0.15) is 0 Å². The van der Waals surface area contributed by atoms with E-state index in [1.165, 1.54) is 11.1 Å². The normalized spacial score (nSPS) is 10.8. The quantitative estimate of drug-likeness (QED) is 0.704. The number of anilines is 1. The van der Waals surface area contributed by atoms with Crippen LogP contribution in [0.5, 0.6) is 5.75 Å². The lowest BCUT2D eigenvalue weighted by Gasteiger charge is -2.08. The van der Waals surface area contributed by atoms with Gasteiger partial charge in [0, 0.05) is 29.9 Å². The Bertz CT molecular complexity index is 834. The summed E-state index contributed by atoms with van der Waals surface area (Å²) in [6.45, 7) is 4.54. The highest BCUT2D eigenvalue weighted by atomic mass is 16.5. The summed E-state index contributed by atoms with van der Waals surface area (Å²) in [5.41, 5.74) is 4.30. The van der Waals surface area contributed by atoms with Crippen molar-refractivity contribution in [2.45, 2.75) is 26.7 Å². The maximum Gasteiger partial charge on any atom is 0.224 e. The monoisotopic (exact) mass is 322 g/mol. The molecule has 0 bridgehead atoms. The van der Waals surface area contributed by atoms with E-state index in [1.54, 1.807) is 0 Å². The molecule has 2 N–H and O–H groups in total. The summed E-state index contributed by atoms with van der Waals surface area (Å²) in [4.78, 5) is 14.8. The third-order valence-corrected chi connectivity index (χ3v) is 4.03. The topological polar surface area (TPSA) is 54.1 Å². The Morgan fingerprint density at radius 3 is 2.71 bits per heavy atom. The van der Waals surface area contributed by atoms with Crippen molar-refractivity contribution in [3.8, 4) is 5.75 Å². The van der Waals surface area contributed by atoms with Crippen LogP contribution in [0.15, 0.2) is 48.7 Å². The number of benzene rings is 2. The van der Waals surface area contributed by atoms with Gasteiger partial charge in [-0.1, -0.05) is 36.8 Å². The molecule has 4 heteroatoms. The minimum Gasteiger partial charge on any atom is -0.493 e. The number of fused-ring (bicyclic) bond motifs is 1. The number of aryl methyl sites for hydroxylation is 1. The van der Waals surface area contributed by atoms with E-state index in [9.17, 15) is 4.79 Å². The van der Waals surface area contributed by atoms with E-state index in [0.29, 0.717) is 13.0 Å². The lowest BCUT2D eigenvalue weighted by molar-refractivity contribution is -0.115. The third kappa shape index (κ3) is 3.77. The molecule has 24 heavy (non-hydrogen) atoms. The summed E-state index contributed by atoms with van der Waals surface area (Å²) in [7, 11) is 0. The fourth-order valence-electron chi connectivity index (χ4n) is 2.57. The fraction of sp³-hybridized carbons (Fsp3) is 0.250. The van der Waals surface area contributed by atoms with Gasteiger partial charge in [0.15, 0.2) is 0 Å². The number of aromatic amines is 1. The van der Waals surface area contributed by atoms with Crippen molar-refractivity contribution in [2.75, 3.05) is 11.9 Å². The number of rotatable bonds is 6. The molecule has 0 saturated heterocycles. The zero-order valence-electron chi connectivity index (χ0n) is 14.1. The Labute approximate surface area is 141 Å². The first-order valence-corrected chi connectivity index (χ1v) is 8.25. The fourth-order valence-corrected chi connectivity index (χ4v) is 2.57. The van der Waals surface area contributed by atoms with Crippen LogP contribution in [0.1, 0.15) is 24.5 Å². The summed E-state index contributed by atoms with van der Waals surface area (Å²) in [6, 6.07) is 14.4. The summed E-state index contributed by atoms with van der Waals surface area (Å²) in [5.74, 6) is 0.808. The number of carbonyl (C=O) groups excluding carboxylic acids is 1. The predicted octanol–water partition coefficient (Wildman–Crippen LogP) is 4.45. The van der Waals surface area contributed by atoms with Gasteiger partial charge in [-0.3, -0.25) is 4.79 Å². The minimum absolute atomic E-state index is 0.00147. The summed E-state index contributed by atoms with van der Waals surface area (Å²) in [6.07, 6.45) is 3.14. The van der Waals surface area contributed by atoms with Crippen LogP contribution < -0.4 is 10.1 Å². The molecule has 2 aromatic carbocycles. The summed E-state index contributed by atoms with van der Waals surface area (Å²) < 4.78 is 5.88. The van der Waals surface area contributed by atoms with Gasteiger partial charge < -0.3 is 15.0 Å². The molecule has 124 valence electrons. The van der Waals surface area contributed by atoms with Gasteiger partial charge >= 0.3 is 0 Å². The second-order valence-electron chi connectivity index (χ2n) is 5.90. The highest BCUT2D eigenvalue weighted by Gasteiger charge is 2.07. The Hall–Kier alpha value is -2.75.